The molecule has 1 aliphatic rings. The van der Waals surface area contributed by atoms with Crippen LogP contribution in [-0.2, 0) is 17.5 Å². The Morgan fingerprint density at radius 3 is 0.641 bits per heavy atom. The van der Waals surface area contributed by atoms with Gasteiger partial charge in [0.2, 0.25) is 17.3 Å². The monoisotopic (exact) mass is 1970 g/mol. The minimum absolute atomic E-state index is 0.270. The molecule has 0 saturated carbocycles. The first-order chi connectivity index (χ1) is 70.3. The largest absolute Gasteiger partial charge is 0.864 e. The smallest absolute Gasteiger partial charge is 0.490 e. The first-order valence-corrected chi connectivity index (χ1v) is 62.2. The maximum atomic E-state index is 15.5. The van der Waals surface area contributed by atoms with Gasteiger partial charge in [0, 0.05) is 28.6 Å². The van der Waals surface area contributed by atoms with E-state index in [4.69, 9.17) is 42.4 Å². The number of fused-ring (bicyclic) bond motifs is 1. The van der Waals surface area contributed by atoms with Gasteiger partial charge < -0.3 is 52.4 Å². The van der Waals surface area contributed by atoms with Crippen LogP contribution in [0.5, 0.6) is 46.0 Å². The molecule has 0 saturated heterocycles. The van der Waals surface area contributed by atoms with Gasteiger partial charge in [-0.1, -0.05) is 556 Å². The van der Waals surface area contributed by atoms with Gasteiger partial charge in [-0.3, -0.25) is 4.79 Å². The third-order valence-corrected chi connectivity index (χ3v) is 30.0. The summed E-state index contributed by atoms with van der Waals surface area (Å²) in [6, 6.07) is 20.6. The second-order valence-corrected chi connectivity index (χ2v) is 43.1. The van der Waals surface area contributed by atoms with Crippen molar-refractivity contribution < 1.29 is 47.2 Å². The highest BCUT2D eigenvalue weighted by Gasteiger charge is 2.40. The number of benzene rings is 3. The Hall–Kier alpha value is -6.11. The molecule has 0 radical (unpaired) electrons. The number of carbonyl (C=O) groups excluding carboxylic acids is 1. The molecular formula is C129H221BN2O10. The average molecular weight is 1970 g/mol. The SMILES string of the molecule is CCCCCCCCCCCCCCCCOc1cc(-c2ccc(C(=O)/C=C(\OB3Oc4cc(CC)c(CC)cc4O3)c3ccc(-c4cc(OCCCCCCCCCCCCCCCC)c(OCCCCCCCCCCCCCCCC)c(OCCCCCCCCCCCCCCCC)c4)[nH]3)[nH]2)cc(OCCCCCCCCCCCCCCCC)c1OCCCCCCCCCCCCCCCC. The molecule has 3 aromatic carbocycles. The zero-order chi connectivity index (χ0) is 101. The summed E-state index contributed by atoms with van der Waals surface area (Å²) in [5, 5.41) is 0. The predicted octanol–water partition coefficient (Wildman–Crippen LogP) is 42.7. The minimum Gasteiger partial charge on any atom is -0.490 e. The van der Waals surface area contributed by atoms with Crippen molar-refractivity contribution in [2.24, 2.45) is 0 Å². The number of hydrogen-bond donors (Lipinski definition) is 2. The molecule has 0 amide bonds. The molecule has 6 rings (SSSR count). The molecule has 12 nitrogen and oxygen atoms in total. The van der Waals surface area contributed by atoms with Crippen molar-refractivity contribution in [3.8, 4) is 68.5 Å². The normalized spacial score (nSPS) is 12.0. The average Bonchev–Trinajstić information content (AvgIpc) is 1.61. The lowest BCUT2D eigenvalue weighted by atomic mass is 10.0. The van der Waals surface area contributed by atoms with E-state index in [1.54, 1.807) is 6.08 Å². The summed E-state index contributed by atoms with van der Waals surface area (Å²) in [4.78, 5) is 22.9. The van der Waals surface area contributed by atoms with E-state index in [-0.39, 0.29) is 11.5 Å². The zero-order valence-electron chi connectivity index (χ0n) is 94.1. The number of allylic oxidation sites excluding steroid dienone is 1. The van der Waals surface area contributed by atoms with Crippen LogP contribution >= 0.6 is 0 Å². The number of H-pyrrole nitrogens is 2. The number of carbonyl (C=O) groups is 1. The fourth-order valence-electron chi connectivity index (χ4n) is 20.7. The van der Waals surface area contributed by atoms with Crippen LogP contribution in [0.1, 0.15) is 622 Å². The molecule has 0 aliphatic carbocycles. The van der Waals surface area contributed by atoms with Crippen LogP contribution in [0.3, 0.4) is 0 Å². The molecular weight excluding hydrogens is 1750 g/mol. The van der Waals surface area contributed by atoms with Crippen molar-refractivity contribution in [2.45, 2.75) is 608 Å². The lowest BCUT2D eigenvalue weighted by Crippen LogP contribution is -2.28. The first-order valence-electron chi connectivity index (χ1n) is 62.2. The number of nitrogens with one attached hydrogen (secondary N) is 2. The highest BCUT2D eigenvalue weighted by molar-refractivity contribution is 6.41. The lowest BCUT2D eigenvalue weighted by molar-refractivity contribution is 0.104. The van der Waals surface area contributed by atoms with Gasteiger partial charge in [0.15, 0.2) is 23.0 Å². The fourth-order valence-corrected chi connectivity index (χ4v) is 20.7. The second-order valence-electron chi connectivity index (χ2n) is 43.1. The van der Waals surface area contributed by atoms with Gasteiger partial charge in [0.25, 0.3) is 0 Å². The molecule has 0 bridgehead atoms. The van der Waals surface area contributed by atoms with Crippen molar-refractivity contribution in [2.75, 3.05) is 39.6 Å². The van der Waals surface area contributed by atoms with E-state index in [1.807, 2.05) is 18.2 Å². The van der Waals surface area contributed by atoms with E-state index < -0.39 is 7.32 Å². The molecule has 142 heavy (non-hydrogen) atoms. The van der Waals surface area contributed by atoms with Gasteiger partial charge in [-0.05, 0) is 123 Å². The number of aromatic amines is 2. The second kappa shape index (κ2) is 88.9. The van der Waals surface area contributed by atoms with E-state index in [1.165, 1.54) is 473 Å². The molecule has 0 spiro atoms. The van der Waals surface area contributed by atoms with Crippen molar-refractivity contribution in [1.29, 1.82) is 0 Å². The van der Waals surface area contributed by atoms with Crippen LogP contribution in [0.4, 0.5) is 0 Å². The molecule has 0 fully saturated rings. The van der Waals surface area contributed by atoms with E-state index in [0.717, 1.165) is 112 Å². The van der Waals surface area contributed by atoms with Gasteiger partial charge in [0.1, 0.15) is 17.3 Å². The molecule has 2 aromatic heterocycles. The first kappa shape index (κ1) is 125. The summed E-state index contributed by atoms with van der Waals surface area (Å²) in [7, 11) is -1.17. The Kier molecular flexibility index (Phi) is 78.0. The van der Waals surface area contributed by atoms with Crippen molar-refractivity contribution in [1.82, 2.24) is 9.97 Å². The Morgan fingerprint density at radius 2 is 0.430 bits per heavy atom. The van der Waals surface area contributed by atoms with Crippen molar-refractivity contribution in [3.05, 3.63) is 89.3 Å². The van der Waals surface area contributed by atoms with Crippen molar-refractivity contribution in [3.63, 3.8) is 0 Å². The Bertz CT molecular complexity index is 3620. The van der Waals surface area contributed by atoms with Crippen LogP contribution < -0.4 is 37.7 Å². The van der Waals surface area contributed by atoms with E-state index >= 15 is 4.79 Å². The summed E-state index contributed by atoms with van der Waals surface area (Å²) in [5.41, 5.74) is 6.74. The summed E-state index contributed by atoms with van der Waals surface area (Å²) in [5.74, 6) is 5.42. The Labute approximate surface area is 875 Å². The number of aromatic nitrogens is 2. The number of unbranched alkanes of at least 4 members (excludes halogenated alkanes) is 78. The number of ketones is 1. The van der Waals surface area contributed by atoms with Gasteiger partial charge in [0.05, 0.1) is 51.0 Å². The van der Waals surface area contributed by atoms with Crippen LogP contribution in [0.15, 0.2) is 66.7 Å². The molecule has 5 aromatic rings. The maximum Gasteiger partial charge on any atom is 0.864 e. The standard InChI is InChI=1S/C129H221BN2O10/c1-9-17-23-29-35-41-47-53-59-65-71-77-83-89-99-134-124-107-114(108-125(135-100-90-84-78-72-66-60-54-48-42-36-30-24-18-10-2)128(124)138-103-93-87-81-75-69-63-57-51-45-39-33-27-21-13-5)116-95-97-118(131-116)120(133)111-121(140-130-141-122-105-112(15-7)113(16-8)106-123(122)142-130)119-98-96-117(132-119)115-109-126(136-101-91-85-79-73-67-61-55-49-43-37-31-25-19-11-3)129(139-104-94-88-82-76-70-64-58-52-46-40-34-28-22-14-6)127(110-115)137-102-92-86-80-74-68-62-56-50-44-38-32-26-20-12-4/h95-98,105-111,131-132H,9-94,99-104H2,1-8H3/b121-111-. The van der Waals surface area contributed by atoms with Gasteiger partial charge in [-0.25, -0.2) is 0 Å². The zero-order valence-corrected chi connectivity index (χ0v) is 94.1. The third-order valence-electron chi connectivity index (χ3n) is 30.0. The van der Waals surface area contributed by atoms with Crippen LogP contribution in [-0.4, -0.2) is 62.7 Å². The van der Waals surface area contributed by atoms with Gasteiger partial charge in [-0.15, -0.1) is 0 Å². The van der Waals surface area contributed by atoms with Gasteiger partial charge in [-0.2, -0.15) is 0 Å². The Morgan fingerprint density at radius 1 is 0.239 bits per heavy atom. The van der Waals surface area contributed by atoms with E-state index in [9.17, 15) is 0 Å². The molecule has 3 heterocycles. The molecule has 2 N–H and O–H groups in total. The number of ether oxygens (including phenoxy) is 6. The topological polar surface area (TPSA) is 132 Å². The van der Waals surface area contributed by atoms with Gasteiger partial charge >= 0.3 is 7.32 Å². The molecule has 810 valence electrons. The van der Waals surface area contributed by atoms with Crippen LogP contribution in [0, 0.1) is 0 Å². The Balaban J connectivity index is 1.30. The highest BCUT2D eigenvalue weighted by Crippen LogP contribution is 2.46. The fraction of sp³-hybridized carbons (Fsp3) is 0.775. The lowest BCUT2D eigenvalue weighted by Gasteiger charge is -2.19. The van der Waals surface area contributed by atoms with E-state index in [0.29, 0.717) is 97.0 Å². The quantitative estimate of drug-likeness (QED) is 0.0128. The minimum atomic E-state index is -1.17. The molecule has 13 heteroatoms. The van der Waals surface area contributed by atoms with Crippen LogP contribution in [0.25, 0.3) is 28.3 Å². The van der Waals surface area contributed by atoms with Crippen molar-refractivity contribution >= 4 is 18.9 Å². The number of aryl methyl sites for hydroxylation is 2. The summed E-state index contributed by atoms with van der Waals surface area (Å²) in [6.07, 6.45) is 113. The number of rotatable bonds is 105. The van der Waals surface area contributed by atoms with Crippen LogP contribution in [0.2, 0.25) is 0 Å². The molecule has 0 atom stereocenters. The van der Waals surface area contributed by atoms with E-state index in [2.05, 4.69) is 108 Å². The molecule has 1 aliphatic heterocycles. The summed E-state index contributed by atoms with van der Waals surface area (Å²) < 4.78 is 62.0. The molecule has 0 unspecified atom stereocenters. The predicted molar refractivity (Wildman–Crippen MR) is 613 cm³/mol. The highest BCUT2D eigenvalue weighted by atomic mass is 16.8. The summed E-state index contributed by atoms with van der Waals surface area (Å²) >= 11 is 0. The number of hydrogen-bond acceptors (Lipinski definition) is 10. The third kappa shape index (κ3) is 60.4. The summed E-state index contributed by atoms with van der Waals surface area (Å²) in [6.45, 7) is 21.7. The maximum absolute atomic E-state index is 15.5.